The predicted molar refractivity (Wildman–Crippen MR) is 53.5 cm³/mol. The lowest BCUT2D eigenvalue weighted by Gasteiger charge is -2.06. The Morgan fingerprint density at radius 3 is 2.76 bits per heavy atom. The van der Waals surface area contributed by atoms with E-state index in [9.17, 15) is 18.0 Å². The Hall–Kier alpha value is -1.37. The number of Topliss-reactive ketones (excluding diaryl/α,β-unsaturated/α-hetero) is 1. The molecule has 1 aromatic rings. The Morgan fingerprint density at radius 2 is 2.24 bits per heavy atom. The second kappa shape index (κ2) is 5.81. The van der Waals surface area contributed by atoms with Crippen LogP contribution in [-0.4, -0.2) is 35.0 Å². The maximum atomic E-state index is 11.7. The minimum atomic E-state index is -4.40. The summed E-state index contributed by atoms with van der Waals surface area (Å²) in [5, 5.41) is 3.95. The molecule has 0 radical (unpaired) electrons. The van der Waals surface area contributed by atoms with Crippen LogP contribution in [-0.2, 0) is 22.5 Å². The molecule has 17 heavy (non-hydrogen) atoms. The first-order valence-corrected chi connectivity index (χ1v) is 5.08. The maximum Gasteiger partial charge on any atom is 0.411 e. The predicted octanol–water partition coefficient (Wildman–Crippen LogP) is 1.59. The van der Waals surface area contributed by atoms with E-state index in [1.54, 1.807) is 10.9 Å². The Balaban J connectivity index is 2.30. The highest BCUT2D eigenvalue weighted by Gasteiger charge is 2.27. The lowest BCUT2D eigenvalue weighted by atomic mass is 10.2. The van der Waals surface area contributed by atoms with Crippen LogP contribution in [0.2, 0.25) is 0 Å². The number of hydrogen-bond donors (Lipinski definition) is 0. The van der Waals surface area contributed by atoms with Crippen molar-refractivity contribution >= 4 is 5.78 Å². The van der Waals surface area contributed by atoms with Gasteiger partial charge in [0, 0.05) is 19.2 Å². The van der Waals surface area contributed by atoms with Gasteiger partial charge in [0.15, 0.2) is 5.78 Å². The van der Waals surface area contributed by atoms with E-state index in [0.717, 1.165) is 0 Å². The molecule has 4 nitrogen and oxygen atoms in total. The molecule has 0 spiro atoms. The molecule has 7 heteroatoms. The van der Waals surface area contributed by atoms with Gasteiger partial charge in [0.05, 0.1) is 6.20 Å². The van der Waals surface area contributed by atoms with E-state index in [1.165, 1.54) is 6.20 Å². The average Bonchev–Trinajstić information content (AvgIpc) is 2.63. The van der Waals surface area contributed by atoms with Gasteiger partial charge in [-0.25, -0.2) is 0 Å². The molecule has 0 fully saturated rings. The SMILES string of the molecule is CCn1cc(CC(=O)COCC(F)(F)F)cn1. The molecule has 0 atom stereocenters. The number of carbonyl (C=O) groups excluding carboxylic acids is 1. The van der Waals surface area contributed by atoms with Gasteiger partial charge >= 0.3 is 6.18 Å². The van der Waals surface area contributed by atoms with E-state index in [0.29, 0.717) is 12.1 Å². The van der Waals surface area contributed by atoms with Crippen molar-refractivity contribution in [2.45, 2.75) is 26.1 Å². The Bertz CT molecular complexity index is 374. The van der Waals surface area contributed by atoms with Crippen molar-refractivity contribution < 1.29 is 22.7 Å². The van der Waals surface area contributed by atoms with E-state index in [-0.39, 0.29) is 6.42 Å². The first-order valence-electron chi connectivity index (χ1n) is 5.08. The molecule has 0 aromatic carbocycles. The quantitative estimate of drug-likeness (QED) is 0.770. The van der Waals surface area contributed by atoms with Gasteiger partial charge in [-0.1, -0.05) is 0 Å². The molecular formula is C10H13F3N2O2. The van der Waals surface area contributed by atoms with Crippen molar-refractivity contribution in [3.05, 3.63) is 18.0 Å². The van der Waals surface area contributed by atoms with Crippen molar-refractivity contribution in [1.29, 1.82) is 0 Å². The van der Waals surface area contributed by atoms with Gasteiger partial charge < -0.3 is 4.74 Å². The molecule has 0 amide bonds. The molecule has 0 saturated carbocycles. The summed E-state index contributed by atoms with van der Waals surface area (Å²) >= 11 is 0. The molecule has 96 valence electrons. The first-order chi connectivity index (χ1) is 7.90. The van der Waals surface area contributed by atoms with Crippen LogP contribution in [0.5, 0.6) is 0 Å². The number of aromatic nitrogens is 2. The molecule has 0 saturated heterocycles. The van der Waals surface area contributed by atoms with E-state index >= 15 is 0 Å². The second-order valence-corrected chi connectivity index (χ2v) is 3.53. The lowest BCUT2D eigenvalue weighted by Crippen LogP contribution is -2.21. The largest absolute Gasteiger partial charge is 0.411 e. The number of halogens is 3. The summed E-state index contributed by atoms with van der Waals surface area (Å²) in [7, 11) is 0. The Kier molecular flexibility index (Phi) is 4.68. The first kappa shape index (κ1) is 13.7. The molecule has 1 rings (SSSR count). The van der Waals surface area contributed by atoms with Crippen molar-refractivity contribution in [3.63, 3.8) is 0 Å². The minimum absolute atomic E-state index is 0.0395. The molecule has 0 aliphatic rings. The molecular weight excluding hydrogens is 237 g/mol. The summed E-state index contributed by atoms with van der Waals surface area (Å²) < 4.78 is 41.1. The van der Waals surface area contributed by atoms with Crippen molar-refractivity contribution in [2.24, 2.45) is 0 Å². The maximum absolute atomic E-state index is 11.7. The zero-order chi connectivity index (χ0) is 12.9. The van der Waals surface area contributed by atoms with Crippen LogP contribution in [0.4, 0.5) is 13.2 Å². The number of carbonyl (C=O) groups is 1. The number of alkyl halides is 3. The monoisotopic (exact) mass is 250 g/mol. The van der Waals surface area contributed by atoms with Crippen LogP contribution in [0, 0.1) is 0 Å². The summed E-state index contributed by atoms with van der Waals surface area (Å²) in [6, 6.07) is 0. The summed E-state index contributed by atoms with van der Waals surface area (Å²) in [5.74, 6) is -0.398. The normalized spacial score (nSPS) is 11.8. The van der Waals surface area contributed by atoms with Gasteiger partial charge in [-0.05, 0) is 12.5 Å². The summed E-state index contributed by atoms with van der Waals surface area (Å²) in [6.07, 6.45) is -1.15. The van der Waals surface area contributed by atoms with Crippen LogP contribution in [0.1, 0.15) is 12.5 Å². The van der Waals surface area contributed by atoms with E-state index in [2.05, 4.69) is 9.84 Å². The van der Waals surface area contributed by atoms with E-state index < -0.39 is 25.2 Å². The van der Waals surface area contributed by atoms with Crippen molar-refractivity contribution in [1.82, 2.24) is 9.78 Å². The Labute approximate surface area is 96.4 Å². The zero-order valence-electron chi connectivity index (χ0n) is 9.33. The molecule has 0 bridgehead atoms. The number of rotatable bonds is 6. The fourth-order valence-electron chi connectivity index (χ4n) is 1.23. The molecule has 0 aliphatic carbocycles. The zero-order valence-corrected chi connectivity index (χ0v) is 9.33. The van der Waals surface area contributed by atoms with Crippen LogP contribution in [0.15, 0.2) is 12.4 Å². The lowest BCUT2D eigenvalue weighted by molar-refractivity contribution is -0.175. The smallest absolute Gasteiger partial charge is 0.364 e. The minimum Gasteiger partial charge on any atom is -0.364 e. The van der Waals surface area contributed by atoms with Gasteiger partial charge in [0.1, 0.15) is 13.2 Å². The van der Waals surface area contributed by atoms with Gasteiger partial charge in [0.2, 0.25) is 0 Å². The highest BCUT2D eigenvalue weighted by molar-refractivity contribution is 5.81. The highest BCUT2D eigenvalue weighted by atomic mass is 19.4. The molecule has 1 aromatic heterocycles. The summed E-state index contributed by atoms with van der Waals surface area (Å²) in [6.45, 7) is 0.646. The van der Waals surface area contributed by atoms with Crippen LogP contribution in [0.25, 0.3) is 0 Å². The molecule has 0 aliphatic heterocycles. The second-order valence-electron chi connectivity index (χ2n) is 3.53. The molecule has 1 heterocycles. The van der Waals surface area contributed by atoms with Crippen molar-refractivity contribution in [3.8, 4) is 0 Å². The summed E-state index contributed by atoms with van der Waals surface area (Å²) in [4.78, 5) is 11.3. The third kappa shape index (κ3) is 5.48. The topological polar surface area (TPSA) is 44.1 Å². The van der Waals surface area contributed by atoms with Gasteiger partial charge in [-0.15, -0.1) is 0 Å². The highest BCUT2D eigenvalue weighted by Crippen LogP contribution is 2.14. The van der Waals surface area contributed by atoms with Crippen LogP contribution in [0.3, 0.4) is 0 Å². The van der Waals surface area contributed by atoms with Gasteiger partial charge in [-0.2, -0.15) is 18.3 Å². The van der Waals surface area contributed by atoms with Gasteiger partial charge in [-0.3, -0.25) is 9.48 Å². The van der Waals surface area contributed by atoms with Crippen LogP contribution < -0.4 is 0 Å². The number of hydrogen-bond acceptors (Lipinski definition) is 3. The van der Waals surface area contributed by atoms with E-state index in [1.807, 2.05) is 6.92 Å². The number of ketones is 1. The van der Waals surface area contributed by atoms with Crippen molar-refractivity contribution in [2.75, 3.05) is 13.2 Å². The van der Waals surface area contributed by atoms with Crippen LogP contribution >= 0.6 is 0 Å². The number of aryl methyl sites for hydroxylation is 1. The number of nitrogens with zero attached hydrogens (tertiary/aromatic N) is 2. The third-order valence-electron chi connectivity index (χ3n) is 1.94. The molecule has 0 unspecified atom stereocenters. The van der Waals surface area contributed by atoms with Gasteiger partial charge in [0.25, 0.3) is 0 Å². The third-order valence-corrected chi connectivity index (χ3v) is 1.94. The average molecular weight is 250 g/mol. The fraction of sp³-hybridized carbons (Fsp3) is 0.600. The Morgan fingerprint density at radius 1 is 1.53 bits per heavy atom. The number of ether oxygens (including phenoxy) is 1. The fourth-order valence-corrected chi connectivity index (χ4v) is 1.23. The van der Waals surface area contributed by atoms with E-state index in [4.69, 9.17) is 0 Å². The standard InChI is InChI=1S/C10H13F3N2O2/c1-2-15-5-8(4-14-15)3-9(16)6-17-7-10(11,12)13/h4-5H,2-3,6-7H2,1H3. The summed E-state index contributed by atoms with van der Waals surface area (Å²) in [5.41, 5.74) is 0.674. The molecule has 0 N–H and O–H groups in total.